The lowest BCUT2D eigenvalue weighted by atomic mass is 9.91. The van der Waals surface area contributed by atoms with E-state index in [2.05, 4.69) is 110 Å². The van der Waals surface area contributed by atoms with Gasteiger partial charge >= 0.3 is 0 Å². The molecule has 1 aliphatic rings. The molecular formula is C29H29N. The predicted octanol–water partition coefficient (Wildman–Crippen LogP) is 8.61. The molecule has 150 valence electrons. The van der Waals surface area contributed by atoms with E-state index in [9.17, 15) is 0 Å². The second-order valence-corrected chi connectivity index (χ2v) is 7.64. The van der Waals surface area contributed by atoms with E-state index >= 15 is 0 Å². The van der Waals surface area contributed by atoms with Crippen molar-refractivity contribution in [1.29, 1.82) is 0 Å². The van der Waals surface area contributed by atoms with Crippen LogP contribution in [-0.2, 0) is 0 Å². The summed E-state index contributed by atoms with van der Waals surface area (Å²) in [5, 5.41) is 2.51. The zero-order chi connectivity index (χ0) is 21.3. The minimum absolute atomic E-state index is 0.228. The van der Waals surface area contributed by atoms with Gasteiger partial charge in [0.2, 0.25) is 0 Å². The Hall–Kier alpha value is -3.32. The number of rotatable bonds is 1. The molecule has 0 aliphatic carbocycles. The highest BCUT2D eigenvalue weighted by molar-refractivity contribution is 5.98. The molecule has 4 aromatic rings. The largest absolute Gasteiger partial charge is 0.313 e. The summed E-state index contributed by atoms with van der Waals surface area (Å²) >= 11 is 0. The Morgan fingerprint density at radius 3 is 2.03 bits per heavy atom. The third kappa shape index (κ3) is 3.21. The molecule has 1 unspecified atom stereocenters. The van der Waals surface area contributed by atoms with Crippen LogP contribution in [0.5, 0.6) is 0 Å². The van der Waals surface area contributed by atoms with Gasteiger partial charge in [-0.05, 0) is 52.6 Å². The van der Waals surface area contributed by atoms with Gasteiger partial charge in [0, 0.05) is 22.9 Å². The van der Waals surface area contributed by atoms with E-state index in [1.54, 1.807) is 0 Å². The van der Waals surface area contributed by atoms with Gasteiger partial charge in [0.05, 0.1) is 5.69 Å². The fourth-order valence-electron chi connectivity index (χ4n) is 4.38. The van der Waals surface area contributed by atoms with Gasteiger partial charge in [0.15, 0.2) is 0 Å². The fourth-order valence-corrected chi connectivity index (χ4v) is 4.38. The first-order valence-electron chi connectivity index (χ1n) is 10.8. The van der Waals surface area contributed by atoms with Gasteiger partial charge in [-0.2, -0.15) is 0 Å². The summed E-state index contributed by atoms with van der Waals surface area (Å²) in [6.07, 6.45) is 0. The van der Waals surface area contributed by atoms with Crippen LogP contribution in [0.15, 0.2) is 97.2 Å². The SMILES string of the molecule is C=C1C(C)c2ccccc2-c2cc3ccccc3cc2N1c1ccccc1C.CC. The van der Waals surface area contributed by atoms with Crippen molar-refractivity contribution in [3.05, 3.63) is 108 Å². The Morgan fingerprint density at radius 1 is 0.700 bits per heavy atom. The van der Waals surface area contributed by atoms with Crippen LogP contribution < -0.4 is 4.90 Å². The summed E-state index contributed by atoms with van der Waals surface area (Å²) in [5.41, 5.74) is 8.66. The maximum atomic E-state index is 4.56. The third-order valence-electron chi connectivity index (χ3n) is 5.97. The summed E-state index contributed by atoms with van der Waals surface area (Å²) in [5.74, 6) is 0.228. The Morgan fingerprint density at radius 2 is 1.30 bits per heavy atom. The lowest BCUT2D eigenvalue weighted by molar-refractivity contribution is 0.872. The minimum atomic E-state index is 0.228. The van der Waals surface area contributed by atoms with E-state index in [1.165, 1.54) is 44.4 Å². The lowest BCUT2D eigenvalue weighted by Gasteiger charge is -2.31. The van der Waals surface area contributed by atoms with E-state index in [4.69, 9.17) is 0 Å². The van der Waals surface area contributed by atoms with Crippen molar-refractivity contribution >= 4 is 22.1 Å². The lowest BCUT2D eigenvalue weighted by Crippen LogP contribution is -2.19. The Balaban J connectivity index is 0.00000106. The van der Waals surface area contributed by atoms with Crippen LogP contribution >= 0.6 is 0 Å². The van der Waals surface area contributed by atoms with Crippen LogP contribution in [0, 0.1) is 6.92 Å². The quantitative estimate of drug-likeness (QED) is 0.314. The van der Waals surface area contributed by atoms with Crippen molar-refractivity contribution < 1.29 is 0 Å². The summed E-state index contributed by atoms with van der Waals surface area (Å²) in [6.45, 7) is 13.0. The van der Waals surface area contributed by atoms with Crippen LogP contribution in [0.4, 0.5) is 11.4 Å². The molecular weight excluding hydrogens is 362 g/mol. The summed E-state index contributed by atoms with van der Waals surface area (Å²) in [7, 11) is 0. The maximum Gasteiger partial charge on any atom is 0.0543 e. The molecule has 0 N–H and O–H groups in total. The van der Waals surface area contributed by atoms with E-state index in [-0.39, 0.29) is 5.92 Å². The molecule has 0 saturated heterocycles. The van der Waals surface area contributed by atoms with Crippen molar-refractivity contribution in [2.24, 2.45) is 0 Å². The number of nitrogens with zero attached hydrogens (tertiary/aromatic N) is 1. The van der Waals surface area contributed by atoms with Crippen LogP contribution in [-0.4, -0.2) is 0 Å². The first kappa shape index (κ1) is 20.0. The van der Waals surface area contributed by atoms with Gasteiger partial charge in [0.1, 0.15) is 0 Å². The summed E-state index contributed by atoms with van der Waals surface area (Å²) in [4.78, 5) is 2.36. The average Bonchev–Trinajstić information content (AvgIpc) is 2.88. The van der Waals surface area contributed by atoms with E-state index in [0.717, 1.165) is 5.70 Å². The van der Waals surface area contributed by atoms with Crippen molar-refractivity contribution in [3.63, 3.8) is 0 Å². The number of fused-ring (bicyclic) bond motifs is 4. The highest BCUT2D eigenvalue weighted by atomic mass is 15.2. The van der Waals surface area contributed by atoms with Crippen LogP contribution in [0.25, 0.3) is 21.9 Å². The molecule has 1 atom stereocenters. The second kappa shape index (κ2) is 8.20. The minimum Gasteiger partial charge on any atom is -0.313 e. The van der Waals surface area contributed by atoms with Gasteiger partial charge in [-0.25, -0.2) is 0 Å². The molecule has 1 heterocycles. The normalized spacial score (nSPS) is 15.0. The number of para-hydroxylation sites is 1. The van der Waals surface area contributed by atoms with Crippen molar-refractivity contribution in [2.75, 3.05) is 4.90 Å². The van der Waals surface area contributed by atoms with Crippen molar-refractivity contribution in [3.8, 4) is 11.1 Å². The van der Waals surface area contributed by atoms with Gasteiger partial charge in [-0.1, -0.05) is 94.1 Å². The van der Waals surface area contributed by atoms with Crippen molar-refractivity contribution in [2.45, 2.75) is 33.6 Å². The molecule has 0 amide bonds. The fraction of sp³-hybridized carbons (Fsp3) is 0.172. The zero-order valence-corrected chi connectivity index (χ0v) is 18.3. The molecule has 0 saturated carbocycles. The first-order chi connectivity index (χ1) is 14.6. The number of hydrogen-bond acceptors (Lipinski definition) is 1. The van der Waals surface area contributed by atoms with E-state index in [0.29, 0.717) is 0 Å². The monoisotopic (exact) mass is 391 g/mol. The standard InChI is InChI=1S/C27H23N.C2H6/c1-18-10-4-9-15-26(18)28-20(3)19(2)23-13-7-8-14-24(23)25-16-21-11-5-6-12-22(21)17-27(25)28;1-2/h4-17,19H,3H2,1-2H3;1-2H3. The van der Waals surface area contributed by atoms with Crippen LogP contribution in [0.2, 0.25) is 0 Å². The molecule has 1 heteroatoms. The molecule has 0 fully saturated rings. The number of anilines is 2. The van der Waals surface area contributed by atoms with Gasteiger partial charge in [0.25, 0.3) is 0 Å². The second-order valence-electron chi connectivity index (χ2n) is 7.64. The molecule has 5 rings (SSSR count). The number of aryl methyl sites for hydroxylation is 1. The average molecular weight is 392 g/mol. The predicted molar refractivity (Wildman–Crippen MR) is 132 cm³/mol. The van der Waals surface area contributed by atoms with E-state index < -0.39 is 0 Å². The van der Waals surface area contributed by atoms with E-state index in [1.807, 2.05) is 13.8 Å². The Bertz CT molecular complexity index is 1220. The molecule has 0 aromatic heterocycles. The number of hydrogen-bond donors (Lipinski definition) is 0. The topological polar surface area (TPSA) is 3.24 Å². The molecule has 0 bridgehead atoms. The van der Waals surface area contributed by atoms with Crippen molar-refractivity contribution in [1.82, 2.24) is 0 Å². The molecule has 30 heavy (non-hydrogen) atoms. The molecule has 4 aromatic carbocycles. The van der Waals surface area contributed by atoms with Crippen LogP contribution in [0.3, 0.4) is 0 Å². The van der Waals surface area contributed by atoms with Gasteiger partial charge in [-0.15, -0.1) is 0 Å². The van der Waals surface area contributed by atoms with Gasteiger partial charge < -0.3 is 4.90 Å². The smallest absolute Gasteiger partial charge is 0.0543 e. The summed E-state index contributed by atoms with van der Waals surface area (Å²) in [6, 6.07) is 30.6. The Kier molecular flexibility index (Phi) is 5.46. The first-order valence-corrected chi connectivity index (χ1v) is 10.8. The Labute approximate surface area is 180 Å². The summed E-state index contributed by atoms with van der Waals surface area (Å²) < 4.78 is 0. The highest BCUT2D eigenvalue weighted by Crippen LogP contribution is 2.49. The molecule has 0 spiro atoms. The highest BCUT2D eigenvalue weighted by Gasteiger charge is 2.29. The third-order valence-corrected chi connectivity index (χ3v) is 5.97. The molecule has 1 aliphatic heterocycles. The van der Waals surface area contributed by atoms with Gasteiger partial charge in [-0.3, -0.25) is 0 Å². The molecule has 1 nitrogen and oxygen atoms in total. The number of allylic oxidation sites excluding steroid dienone is 1. The zero-order valence-electron chi connectivity index (χ0n) is 18.3. The molecule has 0 radical (unpaired) electrons. The number of benzene rings is 4. The maximum absolute atomic E-state index is 4.56. The van der Waals surface area contributed by atoms with Crippen LogP contribution in [0.1, 0.15) is 37.8 Å².